The van der Waals surface area contributed by atoms with Crippen molar-refractivity contribution < 1.29 is 4.74 Å². The Labute approximate surface area is 69.1 Å². The highest BCUT2D eigenvalue weighted by Crippen LogP contribution is 2.64. The third-order valence-corrected chi connectivity index (χ3v) is 3.37. The Kier molecular flexibility index (Phi) is 1.39. The van der Waals surface area contributed by atoms with Gasteiger partial charge in [-0.2, -0.15) is 0 Å². The van der Waals surface area contributed by atoms with Gasteiger partial charge in [-0.25, -0.2) is 0 Å². The van der Waals surface area contributed by atoms with Gasteiger partial charge in [-0.3, -0.25) is 0 Å². The number of ether oxygens (including phenoxy) is 1. The van der Waals surface area contributed by atoms with Crippen LogP contribution >= 0.6 is 0 Å². The van der Waals surface area contributed by atoms with Crippen LogP contribution in [0.15, 0.2) is 0 Å². The fraction of sp³-hybridized carbons (Fsp3) is 1.00. The third-order valence-electron chi connectivity index (χ3n) is 3.37. The summed E-state index contributed by atoms with van der Waals surface area (Å²) in [5.41, 5.74) is 1.13. The van der Waals surface area contributed by atoms with E-state index in [2.05, 4.69) is 20.8 Å². The summed E-state index contributed by atoms with van der Waals surface area (Å²) in [7, 11) is 0. The van der Waals surface area contributed by atoms with Crippen molar-refractivity contribution in [3.8, 4) is 0 Å². The van der Waals surface area contributed by atoms with Crippen LogP contribution in [0, 0.1) is 16.7 Å². The van der Waals surface area contributed by atoms with Crippen LogP contribution in [-0.2, 0) is 4.74 Å². The molecule has 0 amide bonds. The van der Waals surface area contributed by atoms with E-state index in [1.165, 1.54) is 12.8 Å². The second-order valence-electron chi connectivity index (χ2n) is 5.29. The molecule has 0 aromatic carbocycles. The van der Waals surface area contributed by atoms with E-state index in [0.717, 1.165) is 19.1 Å². The van der Waals surface area contributed by atoms with E-state index in [1.807, 2.05) is 0 Å². The topological polar surface area (TPSA) is 9.23 Å². The highest BCUT2D eigenvalue weighted by Gasteiger charge is 2.60. The molecule has 0 aromatic rings. The second kappa shape index (κ2) is 2.01. The average molecular weight is 154 g/mol. The summed E-state index contributed by atoms with van der Waals surface area (Å²) in [6.07, 6.45) is 2.73. The minimum absolute atomic E-state index is 0.508. The van der Waals surface area contributed by atoms with Gasteiger partial charge in [0.25, 0.3) is 0 Å². The van der Waals surface area contributed by atoms with E-state index in [-0.39, 0.29) is 0 Å². The third kappa shape index (κ3) is 1.10. The van der Waals surface area contributed by atoms with Crippen LogP contribution in [0.1, 0.15) is 33.6 Å². The molecule has 0 bridgehead atoms. The second-order valence-corrected chi connectivity index (χ2v) is 5.29. The molecular weight excluding hydrogens is 136 g/mol. The monoisotopic (exact) mass is 154 g/mol. The minimum Gasteiger partial charge on any atom is -0.381 e. The lowest BCUT2D eigenvalue weighted by atomic mass is 9.84. The zero-order valence-electron chi connectivity index (χ0n) is 7.81. The van der Waals surface area contributed by atoms with Crippen LogP contribution in [-0.4, -0.2) is 13.2 Å². The van der Waals surface area contributed by atoms with Crippen molar-refractivity contribution in [3.05, 3.63) is 0 Å². The molecule has 0 aromatic heterocycles. The largest absolute Gasteiger partial charge is 0.381 e. The lowest BCUT2D eigenvalue weighted by Crippen LogP contribution is -2.15. The Morgan fingerprint density at radius 3 is 2.45 bits per heavy atom. The Morgan fingerprint density at radius 1 is 1.36 bits per heavy atom. The molecule has 0 N–H and O–H groups in total. The van der Waals surface area contributed by atoms with Gasteiger partial charge in [0.15, 0.2) is 0 Å². The highest BCUT2D eigenvalue weighted by atomic mass is 16.5. The number of hydrogen-bond donors (Lipinski definition) is 0. The van der Waals surface area contributed by atoms with E-state index >= 15 is 0 Å². The predicted octanol–water partition coefficient (Wildman–Crippen LogP) is 2.46. The van der Waals surface area contributed by atoms with Gasteiger partial charge in [0.2, 0.25) is 0 Å². The molecule has 1 saturated carbocycles. The summed E-state index contributed by atoms with van der Waals surface area (Å²) >= 11 is 0. The van der Waals surface area contributed by atoms with E-state index in [1.54, 1.807) is 0 Å². The van der Waals surface area contributed by atoms with Gasteiger partial charge < -0.3 is 4.74 Å². The van der Waals surface area contributed by atoms with E-state index in [9.17, 15) is 0 Å². The normalized spacial score (nSPS) is 43.4. The van der Waals surface area contributed by atoms with Gasteiger partial charge in [0.1, 0.15) is 0 Å². The van der Waals surface area contributed by atoms with Gasteiger partial charge in [-0.15, -0.1) is 0 Å². The first-order valence-electron chi connectivity index (χ1n) is 4.62. The maximum Gasteiger partial charge on any atom is 0.0526 e. The zero-order chi connectivity index (χ0) is 8.11. The molecule has 1 aliphatic carbocycles. The summed E-state index contributed by atoms with van der Waals surface area (Å²) in [6, 6.07) is 0. The molecule has 1 saturated heterocycles. The zero-order valence-corrected chi connectivity index (χ0v) is 7.81. The van der Waals surface area contributed by atoms with Gasteiger partial charge >= 0.3 is 0 Å². The Bertz CT molecular complexity index is 160. The molecule has 1 heteroatoms. The van der Waals surface area contributed by atoms with Gasteiger partial charge in [-0.1, -0.05) is 20.8 Å². The van der Waals surface area contributed by atoms with Crippen LogP contribution in [0.3, 0.4) is 0 Å². The molecule has 2 fully saturated rings. The number of rotatable bonds is 0. The Balaban J connectivity index is 2.03. The summed E-state index contributed by atoms with van der Waals surface area (Å²) in [6.45, 7) is 9.10. The van der Waals surface area contributed by atoms with Crippen LogP contribution in [0.25, 0.3) is 0 Å². The molecule has 1 nitrogen and oxygen atoms in total. The van der Waals surface area contributed by atoms with Gasteiger partial charge in [-0.05, 0) is 29.6 Å². The van der Waals surface area contributed by atoms with Gasteiger partial charge in [0, 0.05) is 6.61 Å². The lowest BCUT2D eigenvalue weighted by Gasteiger charge is -2.20. The van der Waals surface area contributed by atoms with Crippen molar-refractivity contribution in [3.63, 3.8) is 0 Å². The maximum atomic E-state index is 5.45. The summed E-state index contributed by atoms with van der Waals surface area (Å²) in [4.78, 5) is 0. The summed E-state index contributed by atoms with van der Waals surface area (Å²) < 4.78 is 5.45. The van der Waals surface area contributed by atoms with Crippen LogP contribution < -0.4 is 0 Å². The fourth-order valence-corrected chi connectivity index (χ4v) is 2.63. The van der Waals surface area contributed by atoms with Crippen LogP contribution in [0.2, 0.25) is 0 Å². The quantitative estimate of drug-likeness (QED) is 0.521. The Morgan fingerprint density at radius 2 is 2.09 bits per heavy atom. The molecule has 0 radical (unpaired) electrons. The van der Waals surface area contributed by atoms with E-state index in [0.29, 0.717) is 10.8 Å². The SMILES string of the molecule is CC(C)(C)C1CC12CCOC2. The van der Waals surface area contributed by atoms with Crippen molar-refractivity contribution in [2.45, 2.75) is 33.6 Å². The molecule has 1 spiro atoms. The van der Waals surface area contributed by atoms with Crippen molar-refractivity contribution in [1.29, 1.82) is 0 Å². The molecule has 1 heterocycles. The van der Waals surface area contributed by atoms with Crippen molar-refractivity contribution in [2.24, 2.45) is 16.7 Å². The summed E-state index contributed by atoms with van der Waals surface area (Å²) in [5, 5.41) is 0. The first kappa shape index (κ1) is 7.60. The minimum atomic E-state index is 0.508. The number of hydrogen-bond acceptors (Lipinski definition) is 1. The molecule has 1 aliphatic heterocycles. The van der Waals surface area contributed by atoms with E-state index < -0.39 is 0 Å². The maximum absolute atomic E-state index is 5.45. The lowest BCUT2D eigenvalue weighted by molar-refractivity contribution is 0.169. The molecule has 2 atom stereocenters. The molecule has 64 valence electrons. The Hall–Kier alpha value is -0.0400. The fourth-order valence-electron chi connectivity index (χ4n) is 2.63. The van der Waals surface area contributed by atoms with Crippen LogP contribution in [0.4, 0.5) is 0 Å². The average Bonchev–Trinajstić information content (AvgIpc) is 2.31. The highest BCUT2D eigenvalue weighted by molar-refractivity contribution is 5.08. The molecule has 11 heavy (non-hydrogen) atoms. The molecule has 2 rings (SSSR count). The van der Waals surface area contributed by atoms with Gasteiger partial charge in [0.05, 0.1) is 6.61 Å². The van der Waals surface area contributed by atoms with Crippen molar-refractivity contribution in [2.75, 3.05) is 13.2 Å². The van der Waals surface area contributed by atoms with E-state index in [4.69, 9.17) is 4.74 Å². The van der Waals surface area contributed by atoms with Crippen molar-refractivity contribution in [1.82, 2.24) is 0 Å². The first-order valence-corrected chi connectivity index (χ1v) is 4.62. The molecule has 2 unspecified atom stereocenters. The molecular formula is C10H18O. The smallest absolute Gasteiger partial charge is 0.0526 e. The standard InChI is InChI=1S/C10H18O/c1-9(2,3)8-6-10(8)4-5-11-7-10/h8H,4-7H2,1-3H3. The summed E-state index contributed by atoms with van der Waals surface area (Å²) in [5.74, 6) is 0.928. The van der Waals surface area contributed by atoms with Crippen LogP contribution in [0.5, 0.6) is 0 Å². The molecule has 2 aliphatic rings. The predicted molar refractivity (Wildman–Crippen MR) is 45.4 cm³/mol. The van der Waals surface area contributed by atoms with Crippen molar-refractivity contribution >= 4 is 0 Å². The first-order chi connectivity index (χ1) is 5.05.